The van der Waals surface area contributed by atoms with Crippen LogP contribution < -0.4 is 5.32 Å². The van der Waals surface area contributed by atoms with Gasteiger partial charge in [0, 0.05) is 12.6 Å². The van der Waals surface area contributed by atoms with Gasteiger partial charge in [-0.15, -0.1) is 0 Å². The Hall–Kier alpha value is -0.120. The summed E-state index contributed by atoms with van der Waals surface area (Å²) in [5, 5.41) is 13.7. The summed E-state index contributed by atoms with van der Waals surface area (Å²) in [6, 6.07) is 0.605. The van der Waals surface area contributed by atoms with E-state index in [-0.39, 0.29) is 6.10 Å². The molecule has 3 heteroatoms. The molecule has 2 aliphatic rings. The van der Waals surface area contributed by atoms with E-state index in [1.165, 1.54) is 70.6 Å². The summed E-state index contributed by atoms with van der Waals surface area (Å²) < 4.78 is 5.95. The monoisotopic (exact) mass is 297 g/mol. The largest absolute Gasteiger partial charge is 0.389 e. The minimum absolute atomic E-state index is 0.357. The molecule has 0 aromatic carbocycles. The SMILES string of the molecule is CC1CCCCC1OCC(O)CNC1CCCCCCC1. The molecule has 0 saturated heterocycles. The summed E-state index contributed by atoms with van der Waals surface area (Å²) in [5.41, 5.74) is 0. The highest BCUT2D eigenvalue weighted by atomic mass is 16.5. The molecular formula is C18H35NO2. The molecule has 0 aromatic rings. The highest BCUT2D eigenvalue weighted by Crippen LogP contribution is 2.26. The van der Waals surface area contributed by atoms with Crippen LogP contribution in [0.15, 0.2) is 0 Å². The zero-order valence-electron chi connectivity index (χ0n) is 13.9. The number of aliphatic hydroxyl groups excluding tert-OH is 1. The van der Waals surface area contributed by atoms with Gasteiger partial charge in [0.1, 0.15) is 0 Å². The molecule has 0 heterocycles. The third-order valence-electron chi connectivity index (χ3n) is 5.28. The van der Waals surface area contributed by atoms with Gasteiger partial charge in [0.15, 0.2) is 0 Å². The predicted molar refractivity (Wildman–Crippen MR) is 87.5 cm³/mol. The molecule has 2 rings (SSSR count). The van der Waals surface area contributed by atoms with Crippen molar-refractivity contribution in [2.24, 2.45) is 5.92 Å². The molecule has 3 atom stereocenters. The molecule has 3 nitrogen and oxygen atoms in total. The third kappa shape index (κ3) is 6.66. The molecule has 0 bridgehead atoms. The van der Waals surface area contributed by atoms with Crippen molar-refractivity contribution in [2.75, 3.05) is 13.2 Å². The molecule has 0 spiro atoms. The normalized spacial score (nSPS) is 30.6. The maximum atomic E-state index is 10.1. The molecule has 0 amide bonds. The van der Waals surface area contributed by atoms with Gasteiger partial charge >= 0.3 is 0 Å². The number of aliphatic hydroxyl groups is 1. The Bertz CT molecular complexity index is 264. The molecule has 2 N–H and O–H groups in total. The summed E-state index contributed by atoms with van der Waals surface area (Å²) >= 11 is 0. The summed E-state index contributed by atoms with van der Waals surface area (Å²) in [6.07, 6.45) is 14.5. The summed E-state index contributed by atoms with van der Waals surface area (Å²) in [4.78, 5) is 0. The average Bonchev–Trinajstić information content (AvgIpc) is 2.45. The Balaban J connectivity index is 1.58. The Morgan fingerprint density at radius 3 is 2.29 bits per heavy atom. The van der Waals surface area contributed by atoms with Crippen LogP contribution in [0.1, 0.15) is 77.6 Å². The van der Waals surface area contributed by atoms with E-state index in [1.54, 1.807) is 0 Å². The van der Waals surface area contributed by atoms with Crippen LogP contribution in [0.3, 0.4) is 0 Å². The fourth-order valence-corrected chi connectivity index (χ4v) is 3.79. The van der Waals surface area contributed by atoms with Gasteiger partial charge in [0.05, 0.1) is 18.8 Å². The Labute approximate surface area is 130 Å². The van der Waals surface area contributed by atoms with E-state index < -0.39 is 0 Å². The van der Waals surface area contributed by atoms with E-state index in [0.29, 0.717) is 31.2 Å². The van der Waals surface area contributed by atoms with Crippen LogP contribution in [0.4, 0.5) is 0 Å². The van der Waals surface area contributed by atoms with Gasteiger partial charge in [-0.25, -0.2) is 0 Å². The molecule has 2 saturated carbocycles. The smallest absolute Gasteiger partial charge is 0.0897 e. The van der Waals surface area contributed by atoms with Crippen molar-refractivity contribution >= 4 is 0 Å². The van der Waals surface area contributed by atoms with E-state index in [9.17, 15) is 5.11 Å². The molecule has 0 radical (unpaired) electrons. The van der Waals surface area contributed by atoms with Crippen molar-refractivity contribution in [3.63, 3.8) is 0 Å². The fraction of sp³-hybridized carbons (Fsp3) is 1.00. The minimum atomic E-state index is -0.357. The van der Waals surface area contributed by atoms with Gasteiger partial charge in [-0.3, -0.25) is 0 Å². The Kier molecular flexibility index (Phi) is 8.05. The van der Waals surface area contributed by atoms with Crippen LogP contribution in [0, 0.1) is 5.92 Å². The predicted octanol–water partition coefficient (Wildman–Crippen LogP) is 3.65. The standard InChI is InChI=1S/C18H35NO2/c1-15-9-7-8-12-18(15)21-14-17(20)13-19-16-10-5-3-2-4-6-11-16/h15-20H,2-14H2,1H3. The zero-order valence-corrected chi connectivity index (χ0v) is 13.9. The van der Waals surface area contributed by atoms with Crippen molar-refractivity contribution in [1.29, 1.82) is 0 Å². The number of nitrogens with one attached hydrogen (secondary N) is 1. The number of hydrogen-bond acceptors (Lipinski definition) is 3. The lowest BCUT2D eigenvalue weighted by Gasteiger charge is -2.30. The average molecular weight is 297 g/mol. The maximum Gasteiger partial charge on any atom is 0.0897 e. The minimum Gasteiger partial charge on any atom is -0.389 e. The Morgan fingerprint density at radius 2 is 1.57 bits per heavy atom. The topological polar surface area (TPSA) is 41.5 Å². The van der Waals surface area contributed by atoms with Gasteiger partial charge in [-0.1, -0.05) is 51.9 Å². The second kappa shape index (κ2) is 9.81. The van der Waals surface area contributed by atoms with Crippen molar-refractivity contribution < 1.29 is 9.84 Å². The third-order valence-corrected chi connectivity index (χ3v) is 5.28. The van der Waals surface area contributed by atoms with Gasteiger partial charge in [0.25, 0.3) is 0 Å². The molecular weight excluding hydrogens is 262 g/mol. The maximum absolute atomic E-state index is 10.1. The molecule has 3 unspecified atom stereocenters. The van der Waals surface area contributed by atoms with Crippen LogP contribution >= 0.6 is 0 Å². The lowest BCUT2D eigenvalue weighted by molar-refractivity contribution is -0.0457. The van der Waals surface area contributed by atoms with Crippen LogP contribution in [0.5, 0.6) is 0 Å². The van der Waals surface area contributed by atoms with Crippen molar-refractivity contribution in [3.05, 3.63) is 0 Å². The molecule has 0 aromatic heterocycles. The van der Waals surface area contributed by atoms with Crippen LogP contribution in [0.25, 0.3) is 0 Å². The molecule has 124 valence electrons. The van der Waals surface area contributed by atoms with Gasteiger partial charge in [-0.2, -0.15) is 0 Å². The van der Waals surface area contributed by atoms with Crippen molar-refractivity contribution in [1.82, 2.24) is 5.32 Å². The number of ether oxygens (including phenoxy) is 1. The zero-order chi connectivity index (χ0) is 14.9. The van der Waals surface area contributed by atoms with Crippen molar-refractivity contribution in [2.45, 2.75) is 95.8 Å². The first kappa shape index (κ1) is 17.2. The van der Waals surface area contributed by atoms with E-state index in [1.807, 2.05) is 0 Å². The van der Waals surface area contributed by atoms with Crippen LogP contribution in [-0.2, 0) is 4.74 Å². The quantitative estimate of drug-likeness (QED) is 0.786. The first-order chi connectivity index (χ1) is 10.3. The fourth-order valence-electron chi connectivity index (χ4n) is 3.79. The second-order valence-electron chi connectivity index (χ2n) is 7.24. The van der Waals surface area contributed by atoms with Gasteiger partial charge in [0.2, 0.25) is 0 Å². The van der Waals surface area contributed by atoms with Crippen LogP contribution in [0.2, 0.25) is 0 Å². The highest BCUT2D eigenvalue weighted by molar-refractivity contribution is 4.75. The summed E-state index contributed by atoms with van der Waals surface area (Å²) in [5.74, 6) is 0.657. The number of hydrogen-bond donors (Lipinski definition) is 2. The first-order valence-corrected chi connectivity index (χ1v) is 9.28. The van der Waals surface area contributed by atoms with E-state index >= 15 is 0 Å². The van der Waals surface area contributed by atoms with Crippen molar-refractivity contribution in [3.8, 4) is 0 Å². The first-order valence-electron chi connectivity index (χ1n) is 9.28. The van der Waals surface area contributed by atoms with Gasteiger partial charge in [-0.05, 0) is 31.6 Å². The molecule has 0 aliphatic heterocycles. The highest BCUT2D eigenvalue weighted by Gasteiger charge is 2.22. The lowest BCUT2D eigenvalue weighted by atomic mass is 9.88. The molecule has 21 heavy (non-hydrogen) atoms. The Morgan fingerprint density at radius 1 is 0.952 bits per heavy atom. The summed E-state index contributed by atoms with van der Waals surface area (Å²) in [7, 11) is 0. The van der Waals surface area contributed by atoms with Crippen LogP contribution in [-0.4, -0.2) is 36.5 Å². The van der Waals surface area contributed by atoms with E-state index in [0.717, 1.165) is 0 Å². The van der Waals surface area contributed by atoms with Gasteiger partial charge < -0.3 is 15.2 Å². The molecule has 2 aliphatic carbocycles. The van der Waals surface area contributed by atoms with E-state index in [2.05, 4.69) is 12.2 Å². The lowest BCUT2D eigenvalue weighted by Crippen LogP contribution is -2.39. The second-order valence-corrected chi connectivity index (χ2v) is 7.24. The summed E-state index contributed by atoms with van der Waals surface area (Å²) in [6.45, 7) is 3.46. The molecule has 2 fully saturated rings. The van der Waals surface area contributed by atoms with E-state index in [4.69, 9.17) is 4.74 Å². The number of rotatable bonds is 6.